The Morgan fingerprint density at radius 2 is 2.25 bits per heavy atom. The molecule has 5 nitrogen and oxygen atoms in total. The van der Waals surface area contributed by atoms with Gasteiger partial charge < -0.3 is 0 Å². The topological polar surface area (TPSA) is 74.1 Å². The highest BCUT2D eigenvalue weighted by atomic mass is 32.2. The van der Waals surface area contributed by atoms with Crippen LogP contribution in [0.1, 0.15) is 10.4 Å². The van der Waals surface area contributed by atoms with E-state index in [0.717, 1.165) is 21.6 Å². The van der Waals surface area contributed by atoms with E-state index in [1.54, 1.807) is 12.1 Å². The predicted octanol–water partition coefficient (Wildman–Crippen LogP) is 1.97. The molecule has 104 valence electrons. The van der Waals surface area contributed by atoms with Gasteiger partial charge in [0.25, 0.3) is 0 Å². The minimum absolute atomic E-state index is 0.154. The fraction of sp³-hybridized carbons (Fsp3) is 0.167. The Morgan fingerprint density at radius 3 is 2.85 bits per heavy atom. The number of sulfonamides is 1. The lowest BCUT2D eigenvalue weighted by molar-refractivity contribution is 0.468. The highest BCUT2D eigenvalue weighted by Crippen LogP contribution is 2.22. The summed E-state index contributed by atoms with van der Waals surface area (Å²) in [5, 5.41) is 10.7. The summed E-state index contributed by atoms with van der Waals surface area (Å²) in [4.78, 5) is 3.94. The van der Waals surface area contributed by atoms with E-state index in [1.807, 2.05) is 11.4 Å². The first-order valence-electron chi connectivity index (χ1n) is 5.49. The van der Waals surface area contributed by atoms with Crippen LogP contribution in [0, 0.1) is 17.1 Å². The molecule has 0 bridgehead atoms. The first-order chi connectivity index (χ1) is 9.46. The zero-order valence-corrected chi connectivity index (χ0v) is 12.1. The number of nitriles is 1. The molecule has 0 N–H and O–H groups in total. The number of halogens is 1. The van der Waals surface area contributed by atoms with Crippen molar-refractivity contribution in [3.05, 3.63) is 46.2 Å². The minimum Gasteiger partial charge on any atom is -0.260 e. The first-order valence-corrected chi connectivity index (χ1v) is 7.81. The van der Waals surface area contributed by atoms with Crippen LogP contribution in [-0.2, 0) is 16.6 Å². The molecule has 0 aromatic carbocycles. The number of hydrogen-bond acceptors (Lipinski definition) is 5. The Morgan fingerprint density at radius 1 is 1.50 bits per heavy atom. The molecule has 0 saturated carbocycles. The van der Waals surface area contributed by atoms with E-state index in [4.69, 9.17) is 5.26 Å². The zero-order valence-electron chi connectivity index (χ0n) is 10.4. The van der Waals surface area contributed by atoms with Gasteiger partial charge >= 0.3 is 0 Å². The molecule has 2 aromatic rings. The van der Waals surface area contributed by atoms with Crippen LogP contribution in [0.25, 0.3) is 0 Å². The average molecular weight is 311 g/mol. The highest BCUT2D eigenvalue weighted by molar-refractivity contribution is 7.89. The first kappa shape index (κ1) is 14.6. The monoisotopic (exact) mass is 311 g/mol. The molecule has 0 atom stereocenters. The van der Waals surface area contributed by atoms with Gasteiger partial charge in [0.05, 0.1) is 6.20 Å². The van der Waals surface area contributed by atoms with Crippen molar-refractivity contribution in [2.24, 2.45) is 0 Å². The molecule has 2 aromatic heterocycles. The maximum atomic E-state index is 13.5. The third-order valence-corrected chi connectivity index (χ3v) is 5.30. The second kappa shape index (κ2) is 5.66. The summed E-state index contributed by atoms with van der Waals surface area (Å²) in [7, 11) is -2.59. The Labute approximate surface area is 120 Å². The molecule has 0 saturated heterocycles. The summed E-state index contributed by atoms with van der Waals surface area (Å²) >= 11 is 1.41. The van der Waals surface area contributed by atoms with E-state index < -0.39 is 26.3 Å². The van der Waals surface area contributed by atoms with E-state index in [1.165, 1.54) is 18.4 Å². The smallest absolute Gasteiger partial charge is 0.246 e. The van der Waals surface area contributed by atoms with E-state index >= 15 is 0 Å². The van der Waals surface area contributed by atoms with Crippen molar-refractivity contribution < 1.29 is 12.8 Å². The van der Waals surface area contributed by atoms with Gasteiger partial charge in [-0.3, -0.25) is 4.98 Å². The molecule has 0 fully saturated rings. The third kappa shape index (κ3) is 2.70. The number of rotatable bonds is 4. The van der Waals surface area contributed by atoms with Gasteiger partial charge in [-0.05, 0) is 11.4 Å². The standard InChI is InChI=1S/C12H10FN3O2S2/c1-16(8-9-3-2-4-19-9)20(17,18)12-7-15-6-11(13)10(12)5-14/h2-4,6-7H,8H2,1H3. The third-order valence-electron chi connectivity index (χ3n) is 2.62. The molecule has 8 heteroatoms. The summed E-state index contributed by atoms with van der Waals surface area (Å²) in [5.41, 5.74) is -0.516. The van der Waals surface area contributed by atoms with Crippen LogP contribution < -0.4 is 0 Å². The second-order valence-corrected chi connectivity index (χ2v) is 6.99. The quantitative estimate of drug-likeness (QED) is 0.865. The Balaban J connectivity index is 2.41. The van der Waals surface area contributed by atoms with Crippen molar-refractivity contribution in [2.75, 3.05) is 7.05 Å². The molecule has 2 rings (SSSR count). The van der Waals surface area contributed by atoms with Gasteiger partial charge in [-0.15, -0.1) is 11.3 Å². The molecular formula is C12H10FN3O2S2. The largest absolute Gasteiger partial charge is 0.260 e. The number of pyridine rings is 1. The lowest BCUT2D eigenvalue weighted by Gasteiger charge is -2.16. The van der Waals surface area contributed by atoms with Crippen LogP contribution >= 0.6 is 11.3 Å². The molecule has 0 aliphatic rings. The molecule has 0 unspecified atom stereocenters. The van der Waals surface area contributed by atoms with Crippen molar-refractivity contribution in [1.29, 1.82) is 5.26 Å². The molecule has 0 aliphatic heterocycles. The van der Waals surface area contributed by atoms with Gasteiger partial charge in [-0.2, -0.15) is 9.57 Å². The normalized spacial score (nSPS) is 11.5. The maximum Gasteiger partial charge on any atom is 0.246 e. The maximum absolute atomic E-state index is 13.5. The Hall–Kier alpha value is -1.82. The Bertz CT molecular complexity index is 752. The number of hydrogen-bond donors (Lipinski definition) is 0. The van der Waals surface area contributed by atoms with Gasteiger partial charge in [-0.1, -0.05) is 6.07 Å². The lowest BCUT2D eigenvalue weighted by atomic mass is 10.3. The summed E-state index contributed by atoms with van der Waals surface area (Å²) < 4.78 is 39.2. The number of nitrogens with zero attached hydrogens (tertiary/aromatic N) is 3. The van der Waals surface area contributed by atoms with Crippen LogP contribution in [0.15, 0.2) is 34.8 Å². The van der Waals surface area contributed by atoms with Crippen molar-refractivity contribution in [3.8, 4) is 6.07 Å². The fourth-order valence-electron chi connectivity index (χ4n) is 1.60. The molecule has 0 radical (unpaired) electrons. The number of aromatic nitrogens is 1. The Kier molecular flexibility index (Phi) is 4.13. The van der Waals surface area contributed by atoms with E-state index in [-0.39, 0.29) is 6.54 Å². The minimum atomic E-state index is -3.97. The number of thiophene rings is 1. The molecule has 0 amide bonds. The summed E-state index contributed by atoms with van der Waals surface area (Å²) in [6, 6.07) is 5.17. The van der Waals surface area contributed by atoms with Gasteiger partial charge in [0.1, 0.15) is 16.5 Å². The van der Waals surface area contributed by atoms with Gasteiger partial charge in [0, 0.05) is 24.7 Å². The molecule has 20 heavy (non-hydrogen) atoms. The van der Waals surface area contributed by atoms with Crippen LogP contribution in [0.5, 0.6) is 0 Å². The summed E-state index contributed by atoms with van der Waals surface area (Å²) in [5.74, 6) is -0.946. The predicted molar refractivity (Wildman–Crippen MR) is 71.9 cm³/mol. The molecule has 0 aliphatic carbocycles. The van der Waals surface area contributed by atoms with E-state index in [9.17, 15) is 12.8 Å². The average Bonchev–Trinajstić information content (AvgIpc) is 2.91. The van der Waals surface area contributed by atoms with E-state index in [0.29, 0.717) is 0 Å². The molecular weight excluding hydrogens is 301 g/mol. The van der Waals surface area contributed by atoms with Crippen LogP contribution in [-0.4, -0.2) is 24.8 Å². The van der Waals surface area contributed by atoms with Crippen molar-refractivity contribution >= 4 is 21.4 Å². The molecule has 2 heterocycles. The lowest BCUT2D eigenvalue weighted by Crippen LogP contribution is -2.27. The van der Waals surface area contributed by atoms with Crippen LogP contribution in [0.3, 0.4) is 0 Å². The second-order valence-electron chi connectivity index (χ2n) is 3.95. The summed E-state index contributed by atoms with van der Waals surface area (Å²) in [6.07, 6.45) is 1.80. The van der Waals surface area contributed by atoms with E-state index in [2.05, 4.69) is 4.98 Å². The highest BCUT2D eigenvalue weighted by Gasteiger charge is 2.26. The summed E-state index contributed by atoms with van der Waals surface area (Å²) in [6.45, 7) is 0.154. The SMILES string of the molecule is CN(Cc1cccs1)S(=O)(=O)c1cncc(F)c1C#N. The van der Waals surface area contributed by atoms with Crippen molar-refractivity contribution in [1.82, 2.24) is 9.29 Å². The van der Waals surface area contributed by atoms with Crippen LogP contribution in [0.4, 0.5) is 4.39 Å². The van der Waals surface area contributed by atoms with Crippen LogP contribution in [0.2, 0.25) is 0 Å². The fourth-order valence-corrected chi connectivity index (χ4v) is 3.68. The van der Waals surface area contributed by atoms with Crippen molar-refractivity contribution in [3.63, 3.8) is 0 Å². The zero-order chi connectivity index (χ0) is 14.8. The van der Waals surface area contributed by atoms with Gasteiger partial charge in [0.2, 0.25) is 10.0 Å². The molecule has 0 spiro atoms. The van der Waals surface area contributed by atoms with Gasteiger partial charge in [0.15, 0.2) is 5.82 Å². The van der Waals surface area contributed by atoms with Gasteiger partial charge in [-0.25, -0.2) is 12.8 Å². The van der Waals surface area contributed by atoms with Crippen molar-refractivity contribution in [2.45, 2.75) is 11.4 Å².